The number of carboxylic acids is 1. The van der Waals surface area contributed by atoms with Crippen LogP contribution in [0.1, 0.15) is 47.6 Å². The molecule has 1 N–H and O–H groups in total. The van der Waals surface area contributed by atoms with Gasteiger partial charge in [-0.05, 0) is 61.2 Å². The van der Waals surface area contributed by atoms with Crippen molar-refractivity contribution in [2.45, 2.75) is 44.2 Å². The Morgan fingerprint density at radius 1 is 0.969 bits per heavy atom. The SMILES string of the molecule is O=C(O)C[C@H]1CCN(Cc2cc(C(F)(F)F)ccc2F)[C@@H](c2ccc(C(F)(F)F)cc2)C1. The molecule has 2 aromatic carbocycles. The lowest BCUT2D eigenvalue weighted by molar-refractivity contribution is -0.139. The summed E-state index contributed by atoms with van der Waals surface area (Å²) in [6.45, 7) is 0.0700. The van der Waals surface area contributed by atoms with E-state index in [9.17, 15) is 35.5 Å². The quantitative estimate of drug-likeness (QED) is 0.530. The monoisotopic (exact) mass is 463 g/mol. The molecule has 1 aliphatic heterocycles. The summed E-state index contributed by atoms with van der Waals surface area (Å²) >= 11 is 0. The lowest BCUT2D eigenvalue weighted by Gasteiger charge is -2.39. The molecular weight excluding hydrogens is 443 g/mol. The summed E-state index contributed by atoms with van der Waals surface area (Å²) in [5.41, 5.74) is -1.58. The zero-order chi connectivity index (χ0) is 23.7. The third kappa shape index (κ3) is 5.79. The third-order valence-corrected chi connectivity index (χ3v) is 5.65. The second kappa shape index (κ2) is 9.09. The van der Waals surface area contributed by atoms with Crippen LogP contribution in [0, 0.1) is 11.7 Å². The molecule has 0 bridgehead atoms. The Bertz CT molecular complexity index is 954. The van der Waals surface area contributed by atoms with Gasteiger partial charge in [-0.2, -0.15) is 26.3 Å². The molecule has 10 heteroatoms. The third-order valence-electron chi connectivity index (χ3n) is 5.65. The summed E-state index contributed by atoms with van der Waals surface area (Å²) < 4.78 is 92.1. The Labute approximate surface area is 179 Å². The molecule has 1 heterocycles. The van der Waals surface area contributed by atoms with Crippen LogP contribution in [0.5, 0.6) is 0 Å². The van der Waals surface area contributed by atoms with Crippen LogP contribution >= 0.6 is 0 Å². The Morgan fingerprint density at radius 2 is 1.56 bits per heavy atom. The summed E-state index contributed by atoms with van der Waals surface area (Å²) in [7, 11) is 0. The molecule has 3 rings (SSSR count). The number of likely N-dealkylation sites (tertiary alicyclic amines) is 1. The molecule has 1 saturated heterocycles. The van der Waals surface area contributed by atoms with Gasteiger partial charge >= 0.3 is 18.3 Å². The molecule has 2 aromatic rings. The second-order valence-electron chi connectivity index (χ2n) is 7.90. The molecule has 3 nitrogen and oxygen atoms in total. The number of nitrogens with zero attached hydrogens (tertiary/aromatic N) is 1. The number of aliphatic carboxylic acids is 1. The van der Waals surface area contributed by atoms with Gasteiger partial charge in [-0.3, -0.25) is 9.69 Å². The van der Waals surface area contributed by atoms with Crippen molar-refractivity contribution in [1.82, 2.24) is 4.90 Å². The van der Waals surface area contributed by atoms with E-state index in [-0.39, 0.29) is 37.4 Å². The lowest BCUT2D eigenvalue weighted by atomic mass is 9.84. The molecule has 0 aromatic heterocycles. The van der Waals surface area contributed by atoms with Crippen LogP contribution in [0.4, 0.5) is 30.7 Å². The van der Waals surface area contributed by atoms with Crippen LogP contribution < -0.4 is 0 Å². The van der Waals surface area contributed by atoms with Crippen LogP contribution in [0.3, 0.4) is 0 Å². The van der Waals surface area contributed by atoms with E-state index in [0.29, 0.717) is 18.1 Å². The van der Waals surface area contributed by atoms with E-state index in [2.05, 4.69) is 0 Å². The first-order valence-corrected chi connectivity index (χ1v) is 9.83. The summed E-state index contributed by atoms with van der Waals surface area (Å²) in [5.74, 6) is -2.10. The number of alkyl halides is 6. The molecular formula is C22H20F7NO2. The maximum absolute atomic E-state index is 14.3. The molecule has 0 radical (unpaired) electrons. The van der Waals surface area contributed by atoms with E-state index in [1.54, 1.807) is 4.90 Å². The predicted molar refractivity (Wildman–Crippen MR) is 101 cm³/mol. The molecule has 1 fully saturated rings. The Kier molecular flexibility index (Phi) is 6.83. The van der Waals surface area contributed by atoms with Gasteiger partial charge in [0.1, 0.15) is 5.82 Å². The van der Waals surface area contributed by atoms with Crippen molar-refractivity contribution >= 4 is 5.97 Å². The molecule has 32 heavy (non-hydrogen) atoms. The summed E-state index contributed by atoms with van der Waals surface area (Å²) in [6.07, 6.45) is -8.62. The van der Waals surface area contributed by atoms with Gasteiger partial charge in [0.05, 0.1) is 11.1 Å². The zero-order valence-electron chi connectivity index (χ0n) is 16.7. The number of carbonyl (C=O) groups is 1. The molecule has 2 atom stereocenters. The number of hydrogen-bond acceptors (Lipinski definition) is 2. The molecule has 0 spiro atoms. The lowest BCUT2D eigenvalue weighted by Crippen LogP contribution is -2.37. The topological polar surface area (TPSA) is 40.5 Å². The van der Waals surface area contributed by atoms with Gasteiger partial charge in [0.25, 0.3) is 0 Å². The van der Waals surface area contributed by atoms with Gasteiger partial charge in [-0.15, -0.1) is 0 Å². The molecule has 0 amide bonds. The van der Waals surface area contributed by atoms with E-state index >= 15 is 0 Å². The van der Waals surface area contributed by atoms with Gasteiger partial charge in [0, 0.05) is 24.6 Å². The van der Waals surface area contributed by atoms with Crippen molar-refractivity contribution < 1.29 is 40.6 Å². The number of rotatable bonds is 5. The van der Waals surface area contributed by atoms with Gasteiger partial charge in [-0.25, -0.2) is 4.39 Å². The van der Waals surface area contributed by atoms with E-state index in [4.69, 9.17) is 5.11 Å². The van der Waals surface area contributed by atoms with Crippen molar-refractivity contribution in [3.8, 4) is 0 Å². The Balaban J connectivity index is 1.90. The fourth-order valence-electron chi connectivity index (χ4n) is 4.04. The van der Waals surface area contributed by atoms with Gasteiger partial charge in [0.2, 0.25) is 0 Å². The number of carboxylic acid groups (broad SMARTS) is 1. The number of halogens is 7. The highest BCUT2D eigenvalue weighted by molar-refractivity contribution is 5.67. The summed E-state index contributed by atoms with van der Waals surface area (Å²) in [6, 6.07) is 5.89. The molecule has 174 valence electrons. The van der Waals surface area contributed by atoms with Crippen LogP contribution in [0.15, 0.2) is 42.5 Å². The normalized spacial score (nSPS) is 20.3. The number of benzene rings is 2. The first kappa shape index (κ1) is 24.0. The van der Waals surface area contributed by atoms with Crippen molar-refractivity contribution in [2.24, 2.45) is 5.92 Å². The first-order valence-electron chi connectivity index (χ1n) is 9.83. The highest BCUT2D eigenvalue weighted by atomic mass is 19.4. The number of hydrogen-bond donors (Lipinski definition) is 1. The fourth-order valence-corrected chi connectivity index (χ4v) is 4.04. The molecule has 0 saturated carbocycles. The van der Waals surface area contributed by atoms with Gasteiger partial charge in [-0.1, -0.05) is 12.1 Å². The van der Waals surface area contributed by atoms with Crippen molar-refractivity contribution in [1.29, 1.82) is 0 Å². The average Bonchev–Trinajstić information content (AvgIpc) is 2.69. The van der Waals surface area contributed by atoms with Crippen LogP contribution in [0.25, 0.3) is 0 Å². The van der Waals surface area contributed by atoms with Crippen LogP contribution in [-0.4, -0.2) is 22.5 Å². The maximum Gasteiger partial charge on any atom is 0.416 e. The minimum absolute atomic E-state index is 0.136. The summed E-state index contributed by atoms with van der Waals surface area (Å²) in [5, 5.41) is 9.10. The minimum Gasteiger partial charge on any atom is -0.481 e. The standard InChI is InChI=1S/C22H20F7NO2/c23-18-6-5-17(22(27,28)29)11-15(18)12-30-8-7-13(10-20(31)32)9-19(30)14-1-3-16(4-2-14)21(24,25)26/h1-6,11,13,19H,7-10,12H2,(H,31,32)/t13-,19+/m0/s1. The molecule has 0 unspecified atom stereocenters. The first-order chi connectivity index (χ1) is 14.8. The van der Waals surface area contributed by atoms with E-state index in [1.807, 2.05) is 0 Å². The maximum atomic E-state index is 14.3. The zero-order valence-corrected chi connectivity index (χ0v) is 16.7. The predicted octanol–water partition coefficient (Wildman–Crippen LogP) is 6.29. The smallest absolute Gasteiger partial charge is 0.416 e. The van der Waals surface area contributed by atoms with Crippen LogP contribution in [-0.2, 0) is 23.7 Å². The highest BCUT2D eigenvalue weighted by Gasteiger charge is 2.35. The van der Waals surface area contributed by atoms with Crippen molar-refractivity contribution in [3.05, 3.63) is 70.5 Å². The summed E-state index contributed by atoms with van der Waals surface area (Å²) in [4.78, 5) is 12.8. The van der Waals surface area contributed by atoms with Gasteiger partial charge in [0.15, 0.2) is 0 Å². The molecule has 0 aliphatic carbocycles. The molecule has 1 aliphatic rings. The average molecular weight is 463 g/mol. The second-order valence-corrected chi connectivity index (χ2v) is 7.90. The Hall–Kier alpha value is -2.62. The number of piperidine rings is 1. The van der Waals surface area contributed by atoms with Gasteiger partial charge < -0.3 is 5.11 Å². The van der Waals surface area contributed by atoms with E-state index < -0.39 is 41.3 Å². The highest BCUT2D eigenvalue weighted by Crippen LogP contribution is 2.39. The Morgan fingerprint density at radius 3 is 2.12 bits per heavy atom. The van der Waals surface area contributed by atoms with Crippen molar-refractivity contribution in [2.75, 3.05) is 6.54 Å². The minimum atomic E-state index is -4.65. The fraction of sp³-hybridized carbons (Fsp3) is 0.409. The van der Waals surface area contributed by atoms with E-state index in [0.717, 1.165) is 24.3 Å². The largest absolute Gasteiger partial charge is 0.481 e. The van der Waals surface area contributed by atoms with Crippen LogP contribution in [0.2, 0.25) is 0 Å². The van der Waals surface area contributed by atoms with Crippen molar-refractivity contribution in [3.63, 3.8) is 0 Å². The van der Waals surface area contributed by atoms with E-state index in [1.165, 1.54) is 12.1 Å².